The fraction of sp³-hybridized carbons (Fsp3) is 0.355. The molecule has 0 aliphatic rings. The molecule has 3 rings (SSSR count). The average molecular weight is 600 g/mol. The second kappa shape index (κ2) is 15.4. The molecule has 10 heteroatoms. The smallest absolute Gasteiger partial charge is 0.243 e. The number of amides is 2. The van der Waals surface area contributed by atoms with E-state index in [0.717, 1.165) is 23.8 Å². The summed E-state index contributed by atoms with van der Waals surface area (Å²) in [5.74, 6) is 0.127. The summed E-state index contributed by atoms with van der Waals surface area (Å²) in [6.45, 7) is 2.75. The monoisotopic (exact) mass is 599 g/mol. The Balaban J connectivity index is 1.86. The van der Waals surface area contributed by atoms with Crippen LogP contribution in [0.15, 0.2) is 78.9 Å². The molecule has 0 saturated heterocycles. The van der Waals surface area contributed by atoms with Crippen LogP contribution < -0.4 is 14.4 Å². The molecule has 2 amide bonds. The first-order chi connectivity index (χ1) is 19.6. The number of nitrogens with one attached hydrogen (secondary N) is 1. The molecular formula is C31H38ClN3O5S. The Morgan fingerprint density at radius 3 is 2.27 bits per heavy atom. The fourth-order valence-corrected chi connectivity index (χ4v) is 5.68. The van der Waals surface area contributed by atoms with Gasteiger partial charge in [-0.2, -0.15) is 0 Å². The van der Waals surface area contributed by atoms with Crippen molar-refractivity contribution in [3.05, 3.63) is 95.0 Å². The lowest BCUT2D eigenvalue weighted by molar-refractivity contribution is -0.141. The Bertz CT molecular complexity index is 1380. The maximum Gasteiger partial charge on any atom is 0.243 e. The minimum atomic E-state index is -3.60. The van der Waals surface area contributed by atoms with Crippen LogP contribution in [0, 0.1) is 0 Å². The predicted molar refractivity (Wildman–Crippen MR) is 164 cm³/mol. The summed E-state index contributed by atoms with van der Waals surface area (Å²) in [5, 5.41) is 3.49. The molecular weight excluding hydrogens is 562 g/mol. The highest BCUT2D eigenvalue weighted by molar-refractivity contribution is 7.92. The summed E-state index contributed by atoms with van der Waals surface area (Å²) in [6, 6.07) is 22.7. The Morgan fingerprint density at radius 1 is 0.976 bits per heavy atom. The van der Waals surface area contributed by atoms with Gasteiger partial charge in [-0.1, -0.05) is 61.0 Å². The number of hydrogen-bond donors (Lipinski definition) is 1. The largest absolute Gasteiger partial charge is 0.497 e. The quantitative estimate of drug-likeness (QED) is 0.263. The van der Waals surface area contributed by atoms with Gasteiger partial charge in [-0.25, -0.2) is 8.42 Å². The van der Waals surface area contributed by atoms with E-state index in [4.69, 9.17) is 16.3 Å². The lowest BCUT2D eigenvalue weighted by Crippen LogP contribution is -2.50. The average Bonchev–Trinajstić information content (AvgIpc) is 2.95. The predicted octanol–water partition coefficient (Wildman–Crippen LogP) is 5.06. The summed E-state index contributed by atoms with van der Waals surface area (Å²) in [7, 11) is -2.06. The maximum atomic E-state index is 13.8. The first-order valence-corrected chi connectivity index (χ1v) is 15.8. The van der Waals surface area contributed by atoms with E-state index in [9.17, 15) is 18.0 Å². The molecule has 0 bridgehead atoms. The number of halogens is 1. The molecule has 220 valence electrons. The van der Waals surface area contributed by atoms with Crippen molar-refractivity contribution in [3.63, 3.8) is 0 Å². The highest BCUT2D eigenvalue weighted by Crippen LogP contribution is 2.23. The Hall–Kier alpha value is -3.56. The molecule has 1 atom stereocenters. The van der Waals surface area contributed by atoms with Crippen LogP contribution in [-0.4, -0.2) is 57.6 Å². The van der Waals surface area contributed by atoms with E-state index in [2.05, 4.69) is 5.32 Å². The lowest BCUT2D eigenvalue weighted by atomic mass is 10.0. The lowest BCUT2D eigenvalue weighted by Gasteiger charge is -2.32. The van der Waals surface area contributed by atoms with Gasteiger partial charge in [-0.15, -0.1) is 0 Å². The van der Waals surface area contributed by atoms with Crippen molar-refractivity contribution < 1.29 is 22.7 Å². The fourth-order valence-electron chi connectivity index (χ4n) is 4.50. The number of nitrogens with zero attached hydrogens (tertiary/aromatic N) is 2. The van der Waals surface area contributed by atoms with Crippen LogP contribution in [0.25, 0.3) is 0 Å². The first kappa shape index (κ1) is 32.0. The number of sulfonamides is 1. The van der Waals surface area contributed by atoms with Gasteiger partial charge in [0.2, 0.25) is 21.8 Å². The van der Waals surface area contributed by atoms with Gasteiger partial charge in [0.25, 0.3) is 0 Å². The number of carbonyl (C=O) groups is 2. The van der Waals surface area contributed by atoms with Crippen molar-refractivity contribution in [1.29, 1.82) is 0 Å². The van der Waals surface area contributed by atoms with E-state index in [0.29, 0.717) is 29.4 Å². The standard InChI is InChI=1S/C31H38ClN3O5S/c1-4-19-33-31(37)29(22-24-10-6-5-7-11-24)34(23-25-12-8-13-26(32)21-25)30(36)14-9-20-35(41(3,38)39)27-15-17-28(40-2)18-16-27/h5-8,10-13,15-18,21,29H,4,9,14,19-20,22-23H2,1-3H3,(H,33,37). The Labute approximate surface area is 248 Å². The second-order valence-electron chi connectivity index (χ2n) is 9.78. The zero-order chi connectivity index (χ0) is 29.8. The zero-order valence-corrected chi connectivity index (χ0v) is 25.3. The minimum Gasteiger partial charge on any atom is -0.497 e. The minimum absolute atomic E-state index is 0.0507. The summed E-state index contributed by atoms with van der Waals surface area (Å²) in [5.41, 5.74) is 2.21. The van der Waals surface area contributed by atoms with Crippen molar-refractivity contribution in [2.24, 2.45) is 0 Å². The van der Waals surface area contributed by atoms with E-state index in [1.54, 1.807) is 41.3 Å². The molecule has 1 unspecified atom stereocenters. The highest BCUT2D eigenvalue weighted by atomic mass is 35.5. The summed E-state index contributed by atoms with van der Waals surface area (Å²) in [6.07, 6.45) is 2.55. The number of rotatable bonds is 15. The molecule has 0 saturated carbocycles. The normalized spacial score (nSPS) is 11.9. The van der Waals surface area contributed by atoms with Gasteiger partial charge in [0.05, 0.1) is 19.1 Å². The molecule has 0 heterocycles. The van der Waals surface area contributed by atoms with Crippen LogP contribution in [0.1, 0.15) is 37.3 Å². The molecule has 0 aromatic heterocycles. The molecule has 41 heavy (non-hydrogen) atoms. The van der Waals surface area contributed by atoms with Crippen molar-refractivity contribution in [2.75, 3.05) is 30.8 Å². The van der Waals surface area contributed by atoms with Gasteiger partial charge in [-0.3, -0.25) is 13.9 Å². The summed E-state index contributed by atoms with van der Waals surface area (Å²) in [4.78, 5) is 28.8. The van der Waals surface area contributed by atoms with Crippen molar-refractivity contribution in [2.45, 2.75) is 45.2 Å². The van der Waals surface area contributed by atoms with Gasteiger partial charge in [0, 0.05) is 37.5 Å². The third kappa shape index (κ3) is 9.79. The summed E-state index contributed by atoms with van der Waals surface area (Å²) >= 11 is 6.23. The van der Waals surface area contributed by atoms with E-state index in [-0.39, 0.29) is 37.7 Å². The van der Waals surface area contributed by atoms with Gasteiger partial charge in [0.15, 0.2) is 0 Å². The molecule has 8 nitrogen and oxygen atoms in total. The van der Waals surface area contributed by atoms with Crippen molar-refractivity contribution >= 4 is 39.1 Å². The number of hydrogen-bond acceptors (Lipinski definition) is 5. The molecule has 3 aromatic rings. The topological polar surface area (TPSA) is 96.0 Å². The zero-order valence-electron chi connectivity index (χ0n) is 23.8. The first-order valence-electron chi connectivity index (χ1n) is 13.6. The number of carbonyl (C=O) groups excluding carboxylic acids is 2. The van der Waals surface area contributed by atoms with E-state index < -0.39 is 16.1 Å². The molecule has 0 spiro atoms. The van der Waals surface area contributed by atoms with Crippen molar-refractivity contribution in [1.82, 2.24) is 10.2 Å². The van der Waals surface area contributed by atoms with Gasteiger partial charge in [-0.05, 0) is 60.4 Å². The van der Waals surface area contributed by atoms with Gasteiger partial charge < -0.3 is 15.0 Å². The molecule has 0 fully saturated rings. The van der Waals surface area contributed by atoms with Crippen LogP contribution in [0.2, 0.25) is 5.02 Å². The molecule has 3 aromatic carbocycles. The molecule has 0 radical (unpaired) electrons. The van der Waals surface area contributed by atoms with Crippen LogP contribution >= 0.6 is 11.6 Å². The van der Waals surface area contributed by atoms with Gasteiger partial charge >= 0.3 is 0 Å². The SMILES string of the molecule is CCCNC(=O)C(Cc1ccccc1)N(Cc1cccc(Cl)c1)C(=O)CCCN(c1ccc(OC)cc1)S(C)(=O)=O. The van der Waals surface area contributed by atoms with Crippen molar-refractivity contribution in [3.8, 4) is 5.75 Å². The molecule has 1 N–H and O–H groups in total. The molecule has 0 aliphatic heterocycles. The Morgan fingerprint density at radius 2 is 1.66 bits per heavy atom. The van der Waals surface area contributed by atoms with Crippen LogP contribution in [0.5, 0.6) is 5.75 Å². The summed E-state index contributed by atoms with van der Waals surface area (Å²) < 4.78 is 31.7. The van der Waals surface area contributed by atoms with Crippen LogP contribution in [0.4, 0.5) is 5.69 Å². The molecule has 0 aliphatic carbocycles. The van der Waals surface area contributed by atoms with E-state index in [1.165, 1.54) is 11.4 Å². The second-order valence-corrected chi connectivity index (χ2v) is 12.1. The van der Waals surface area contributed by atoms with Gasteiger partial charge in [0.1, 0.15) is 11.8 Å². The third-order valence-electron chi connectivity index (χ3n) is 6.57. The van der Waals surface area contributed by atoms with E-state index in [1.807, 2.05) is 49.4 Å². The number of anilines is 1. The van der Waals surface area contributed by atoms with E-state index >= 15 is 0 Å². The number of ether oxygens (including phenoxy) is 1. The number of methoxy groups -OCH3 is 1. The highest BCUT2D eigenvalue weighted by Gasteiger charge is 2.30. The third-order valence-corrected chi connectivity index (χ3v) is 8.00. The Kier molecular flexibility index (Phi) is 12.0. The van der Waals surface area contributed by atoms with Crippen LogP contribution in [-0.2, 0) is 32.6 Å². The maximum absolute atomic E-state index is 13.8. The number of benzene rings is 3. The van der Waals surface area contributed by atoms with Crippen LogP contribution in [0.3, 0.4) is 0 Å².